The first-order chi connectivity index (χ1) is 9.65. The summed E-state index contributed by atoms with van der Waals surface area (Å²) in [5, 5.41) is 6.61. The predicted octanol–water partition coefficient (Wildman–Crippen LogP) is 3.42. The molecule has 0 aliphatic rings. The number of nitrogens with one attached hydrogen (secondary N) is 1. The molecule has 0 bridgehead atoms. The zero-order valence-corrected chi connectivity index (χ0v) is 13.3. The number of nitrogens with zero attached hydrogens (tertiary/aromatic N) is 3. The van der Waals surface area contributed by atoms with Crippen LogP contribution in [0.15, 0.2) is 17.8 Å². The third-order valence-corrected chi connectivity index (χ3v) is 4.09. The Morgan fingerprint density at radius 1 is 1.50 bits per heavy atom. The minimum atomic E-state index is 0.199. The van der Waals surface area contributed by atoms with E-state index in [-0.39, 0.29) is 12.1 Å². The third kappa shape index (κ3) is 3.37. The minimum Gasteiger partial charge on any atom is -0.383 e. The number of thiazole rings is 1. The molecule has 0 spiro atoms. The summed E-state index contributed by atoms with van der Waals surface area (Å²) in [7, 11) is 1.72. The summed E-state index contributed by atoms with van der Waals surface area (Å²) >= 11 is 1.67. The molecule has 2 aromatic rings. The van der Waals surface area contributed by atoms with Crippen LogP contribution in [0.3, 0.4) is 0 Å². The van der Waals surface area contributed by atoms with E-state index in [0.717, 1.165) is 23.1 Å². The maximum absolute atomic E-state index is 5.24. The molecule has 2 rings (SSSR count). The van der Waals surface area contributed by atoms with Crippen molar-refractivity contribution in [1.82, 2.24) is 14.5 Å². The van der Waals surface area contributed by atoms with Gasteiger partial charge in [-0.1, -0.05) is 6.92 Å². The van der Waals surface area contributed by atoms with E-state index in [4.69, 9.17) is 4.74 Å². The molecule has 2 heterocycles. The van der Waals surface area contributed by atoms with Crippen molar-refractivity contribution in [1.29, 1.82) is 0 Å². The molecule has 2 atom stereocenters. The summed E-state index contributed by atoms with van der Waals surface area (Å²) < 4.78 is 7.37. The average molecular weight is 294 g/mol. The van der Waals surface area contributed by atoms with Gasteiger partial charge in [0.25, 0.3) is 0 Å². The van der Waals surface area contributed by atoms with Crippen molar-refractivity contribution < 1.29 is 4.74 Å². The monoisotopic (exact) mass is 294 g/mol. The Kier molecular flexibility index (Phi) is 5.14. The van der Waals surface area contributed by atoms with E-state index in [2.05, 4.69) is 39.9 Å². The van der Waals surface area contributed by atoms with Crippen LogP contribution in [0.25, 0.3) is 0 Å². The molecule has 0 aliphatic heterocycles. The molecule has 110 valence electrons. The Hall–Kier alpha value is -1.40. The molecule has 0 radical (unpaired) electrons. The van der Waals surface area contributed by atoms with Crippen molar-refractivity contribution in [2.24, 2.45) is 0 Å². The van der Waals surface area contributed by atoms with Gasteiger partial charge in [0.1, 0.15) is 5.01 Å². The van der Waals surface area contributed by atoms with E-state index in [1.54, 1.807) is 18.4 Å². The summed E-state index contributed by atoms with van der Waals surface area (Å²) in [4.78, 5) is 8.98. The minimum absolute atomic E-state index is 0.199. The standard InChI is InChI=1S/C14H22N4OS/c1-5-12(13-15-6-7-20-13)17-14-16-10(2)8-18(14)11(3)9-19-4/h6-8,11-12H,5,9H2,1-4H3,(H,16,17). The van der Waals surface area contributed by atoms with Gasteiger partial charge in [-0.25, -0.2) is 9.97 Å². The number of hydrogen-bond donors (Lipinski definition) is 1. The smallest absolute Gasteiger partial charge is 0.203 e. The van der Waals surface area contributed by atoms with Crippen molar-refractivity contribution in [3.8, 4) is 0 Å². The fourth-order valence-electron chi connectivity index (χ4n) is 2.18. The molecule has 2 unspecified atom stereocenters. The molecule has 0 aromatic carbocycles. The number of methoxy groups -OCH3 is 1. The molecule has 2 aromatic heterocycles. The fraction of sp³-hybridized carbons (Fsp3) is 0.571. The Balaban J connectivity index is 2.19. The van der Waals surface area contributed by atoms with Crippen LogP contribution >= 0.6 is 11.3 Å². The highest BCUT2D eigenvalue weighted by Gasteiger charge is 2.17. The summed E-state index contributed by atoms with van der Waals surface area (Å²) in [6.07, 6.45) is 4.87. The van der Waals surface area contributed by atoms with Crippen LogP contribution < -0.4 is 5.32 Å². The first-order valence-electron chi connectivity index (χ1n) is 6.86. The first-order valence-corrected chi connectivity index (χ1v) is 7.74. The van der Waals surface area contributed by atoms with Crippen LogP contribution in [-0.2, 0) is 4.74 Å². The Bertz CT molecular complexity index is 523. The van der Waals surface area contributed by atoms with Crippen molar-refractivity contribution in [3.05, 3.63) is 28.5 Å². The number of aryl methyl sites for hydroxylation is 1. The van der Waals surface area contributed by atoms with Crippen LogP contribution in [0.4, 0.5) is 5.95 Å². The molecular formula is C14H22N4OS. The lowest BCUT2D eigenvalue weighted by molar-refractivity contribution is 0.163. The van der Waals surface area contributed by atoms with Crippen LogP contribution in [0.5, 0.6) is 0 Å². The molecule has 0 fully saturated rings. The summed E-state index contributed by atoms with van der Waals surface area (Å²) in [6, 6.07) is 0.447. The highest BCUT2D eigenvalue weighted by Crippen LogP contribution is 2.25. The van der Waals surface area contributed by atoms with Crippen LogP contribution in [-0.4, -0.2) is 28.3 Å². The lowest BCUT2D eigenvalue weighted by Gasteiger charge is -2.19. The summed E-state index contributed by atoms with van der Waals surface area (Å²) in [5.41, 5.74) is 1.00. The molecule has 20 heavy (non-hydrogen) atoms. The average Bonchev–Trinajstić information content (AvgIpc) is 3.05. The maximum atomic E-state index is 5.24. The van der Waals surface area contributed by atoms with Crippen LogP contribution in [0.1, 0.15) is 43.1 Å². The lowest BCUT2D eigenvalue weighted by Crippen LogP contribution is -2.17. The largest absolute Gasteiger partial charge is 0.383 e. The van der Waals surface area contributed by atoms with E-state index in [1.165, 1.54) is 0 Å². The van der Waals surface area contributed by atoms with E-state index in [0.29, 0.717) is 6.61 Å². The molecule has 0 saturated heterocycles. The number of imidazole rings is 1. The van der Waals surface area contributed by atoms with Gasteiger partial charge in [0, 0.05) is 24.9 Å². The second-order valence-corrected chi connectivity index (χ2v) is 5.82. The predicted molar refractivity (Wildman–Crippen MR) is 82.3 cm³/mol. The van der Waals surface area contributed by atoms with E-state index in [1.807, 2.05) is 18.5 Å². The highest BCUT2D eigenvalue weighted by atomic mass is 32.1. The van der Waals surface area contributed by atoms with Crippen molar-refractivity contribution in [2.75, 3.05) is 19.0 Å². The molecule has 5 nitrogen and oxygen atoms in total. The topological polar surface area (TPSA) is 52.0 Å². The van der Waals surface area contributed by atoms with Gasteiger partial charge in [-0.05, 0) is 20.3 Å². The lowest BCUT2D eigenvalue weighted by atomic mass is 10.2. The number of aromatic nitrogens is 3. The molecule has 0 saturated carbocycles. The molecule has 0 aliphatic carbocycles. The van der Waals surface area contributed by atoms with Crippen molar-refractivity contribution in [3.63, 3.8) is 0 Å². The van der Waals surface area contributed by atoms with E-state index < -0.39 is 0 Å². The third-order valence-electron chi connectivity index (χ3n) is 3.20. The second kappa shape index (κ2) is 6.85. The van der Waals surface area contributed by atoms with Crippen molar-refractivity contribution in [2.45, 2.75) is 39.3 Å². The van der Waals surface area contributed by atoms with Gasteiger partial charge in [-0.2, -0.15) is 0 Å². The number of ether oxygens (including phenoxy) is 1. The van der Waals surface area contributed by atoms with E-state index in [9.17, 15) is 0 Å². The van der Waals surface area contributed by atoms with Gasteiger partial charge >= 0.3 is 0 Å². The fourth-order valence-corrected chi connectivity index (χ4v) is 2.95. The van der Waals surface area contributed by atoms with Crippen molar-refractivity contribution >= 4 is 17.3 Å². The number of hydrogen-bond acceptors (Lipinski definition) is 5. The SMILES string of the molecule is CCC(Nc1nc(C)cn1C(C)COC)c1nccs1. The van der Waals surface area contributed by atoms with Gasteiger partial charge in [-0.3, -0.25) is 0 Å². The zero-order chi connectivity index (χ0) is 14.5. The number of anilines is 1. The zero-order valence-electron chi connectivity index (χ0n) is 12.5. The quantitative estimate of drug-likeness (QED) is 0.850. The number of rotatable bonds is 7. The Labute approximate surface area is 124 Å². The van der Waals surface area contributed by atoms with Crippen LogP contribution in [0, 0.1) is 6.92 Å². The molecule has 6 heteroatoms. The molecule has 0 amide bonds. The second-order valence-electron chi connectivity index (χ2n) is 4.89. The maximum Gasteiger partial charge on any atom is 0.203 e. The van der Waals surface area contributed by atoms with E-state index >= 15 is 0 Å². The molecule has 1 N–H and O–H groups in total. The van der Waals surface area contributed by atoms with Gasteiger partial charge < -0.3 is 14.6 Å². The Morgan fingerprint density at radius 2 is 2.30 bits per heavy atom. The highest BCUT2D eigenvalue weighted by molar-refractivity contribution is 7.09. The summed E-state index contributed by atoms with van der Waals surface area (Å²) in [5.74, 6) is 0.883. The first kappa shape index (κ1) is 15.0. The summed E-state index contributed by atoms with van der Waals surface area (Å²) in [6.45, 7) is 6.95. The normalized spacial score (nSPS) is 14.2. The van der Waals surface area contributed by atoms with Crippen LogP contribution in [0.2, 0.25) is 0 Å². The van der Waals surface area contributed by atoms with Gasteiger partial charge in [0.2, 0.25) is 5.95 Å². The van der Waals surface area contributed by atoms with Gasteiger partial charge in [-0.15, -0.1) is 11.3 Å². The van der Waals surface area contributed by atoms with Gasteiger partial charge in [0.15, 0.2) is 0 Å². The Morgan fingerprint density at radius 3 is 2.90 bits per heavy atom. The molecular weight excluding hydrogens is 272 g/mol. The van der Waals surface area contributed by atoms with Gasteiger partial charge in [0.05, 0.1) is 24.4 Å².